The summed E-state index contributed by atoms with van der Waals surface area (Å²) in [4.78, 5) is 0. The Labute approximate surface area is 78.9 Å². The lowest BCUT2D eigenvalue weighted by molar-refractivity contribution is 0.00247. The number of benzene rings is 1. The molecule has 70 valence electrons. The molecule has 13 heavy (non-hydrogen) atoms. The molecule has 1 aliphatic heterocycles. The van der Waals surface area contributed by atoms with Crippen molar-refractivity contribution in [2.24, 2.45) is 0 Å². The van der Waals surface area contributed by atoms with Gasteiger partial charge in [0.1, 0.15) is 5.72 Å². The average molecular weight is 177 g/mol. The molecule has 0 bridgehead atoms. The first-order chi connectivity index (χ1) is 6.21. The van der Waals surface area contributed by atoms with E-state index in [1.807, 2.05) is 0 Å². The van der Waals surface area contributed by atoms with Gasteiger partial charge in [0.25, 0.3) is 0 Å². The van der Waals surface area contributed by atoms with Gasteiger partial charge in [-0.2, -0.15) is 0 Å². The van der Waals surface area contributed by atoms with Crippen molar-refractivity contribution in [2.45, 2.75) is 19.6 Å². The van der Waals surface area contributed by atoms with Crippen LogP contribution in [0.25, 0.3) is 0 Å². The summed E-state index contributed by atoms with van der Waals surface area (Å²) in [7, 11) is 0. The Hall–Kier alpha value is -0.860. The van der Waals surface area contributed by atoms with Gasteiger partial charge in [-0.1, -0.05) is 29.8 Å². The van der Waals surface area contributed by atoms with Crippen molar-refractivity contribution in [1.82, 2.24) is 5.32 Å². The fourth-order valence-corrected chi connectivity index (χ4v) is 1.65. The van der Waals surface area contributed by atoms with E-state index in [0.29, 0.717) is 0 Å². The third-order valence-corrected chi connectivity index (χ3v) is 2.56. The van der Waals surface area contributed by atoms with Crippen molar-refractivity contribution in [3.8, 4) is 0 Å². The summed E-state index contributed by atoms with van der Waals surface area (Å²) in [6.45, 7) is 5.90. The number of aryl methyl sites for hydroxylation is 1. The standard InChI is InChI=1S/C11H15NO/c1-9-3-5-10(6-4-9)11(2)12-7-8-13-11/h3-6,12H,7-8H2,1-2H3. The lowest BCUT2D eigenvalue weighted by Gasteiger charge is -2.24. The minimum absolute atomic E-state index is 0.270. The average Bonchev–Trinajstić information content (AvgIpc) is 2.54. The summed E-state index contributed by atoms with van der Waals surface area (Å²) in [6.07, 6.45) is 0. The molecule has 1 N–H and O–H groups in total. The maximum Gasteiger partial charge on any atom is 0.142 e. The van der Waals surface area contributed by atoms with E-state index in [0.717, 1.165) is 13.2 Å². The molecule has 0 amide bonds. The van der Waals surface area contributed by atoms with E-state index >= 15 is 0 Å². The fraction of sp³-hybridized carbons (Fsp3) is 0.455. The molecular formula is C11H15NO. The number of nitrogens with one attached hydrogen (secondary N) is 1. The topological polar surface area (TPSA) is 21.3 Å². The molecule has 1 aromatic carbocycles. The van der Waals surface area contributed by atoms with Gasteiger partial charge in [-0.3, -0.25) is 5.32 Å². The molecule has 0 aliphatic carbocycles. The molecule has 1 aromatic rings. The second kappa shape index (κ2) is 3.13. The Bertz CT molecular complexity index is 285. The number of rotatable bonds is 1. The lowest BCUT2D eigenvalue weighted by atomic mass is 10.0. The van der Waals surface area contributed by atoms with E-state index in [4.69, 9.17) is 4.74 Å². The van der Waals surface area contributed by atoms with Crippen molar-refractivity contribution in [2.75, 3.05) is 13.2 Å². The third-order valence-electron chi connectivity index (χ3n) is 2.56. The molecule has 1 unspecified atom stereocenters. The molecule has 0 aromatic heterocycles. The van der Waals surface area contributed by atoms with Gasteiger partial charge in [-0.15, -0.1) is 0 Å². The minimum Gasteiger partial charge on any atom is -0.355 e. The van der Waals surface area contributed by atoms with Gasteiger partial charge >= 0.3 is 0 Å². The summed E-state index contributed by atoms with van der Waals surface area (Å²) < 4.78 is 5.66. The van der Waals surface area contributed by atoms with Crippen LogP contribution in [0.3, 0.4) is 0 Å². The number of hydrogen-bond donors (Lipinski definition) is 1. The summed E-state index contributed by atoms with van der Waals surface area (Å²) in [5.41, 5.74) is 2.22. The zero-order valence-corrected chi connectivity index (χ0v) is 8.13. The minimum atomic E-state index is -0.270. The van der Waals surface area contributed by atoms with Gasteiger partial charge in [0.15, 0.2) is 0 Å². The predicted octanol–water partition coefficient (Wildman–Crippen LogP) is 1.79. The zero-order valence-electron chi connectivity index (χ0n) is 8.13. The Morgan fingerprint density at radius 2 is 2.00 bits per heavy atom. The second-order valence-corrected chi connectivity index (χ2v) is 3.67. The van der Waals surface area contributed by atoms with Crippen LogP contribution < -0.4 is 5.32 Å². The summed E-state index contributed by atoms with van der Waals surface area (Å²) in [6, 6.07) is 8.47. The highest BCUT2D eigenvalue weighted by atomic mass is 16.5. The molecule has 1 saturated heterocycles. The molecule has 2 heteroatoms. The van der Waals surface area contributed by atoms with Crippen LogP contribution in [0.5, 0.6) is 0 Å². The molecular weight excluding hydrogens is 162 g/mol. The van der Waals surface area contributed by atoms with Crippen LogP contribution in [-0.2, 0) is 10.5 Å². The number of hydrogen-bond acceptors (Lipinski definition) is 2. The van der Waals surface area contributed by atoms with Gasteiger partial charge in [0, 0.05) is 6.54 Å². The molecule has 1 fully saturated rings. The normalized spacial score (nSPS) is 27.8. The summed E-state index contributed by atoms with van der Waals surface area (Å²) in [5, 5.41) is 3.35. The monoisotopic (exact) mass is 177 g/mol. The van der Waals surface area contributed by atoms with Crippen LogP contribution in [0, 0.1) is 6.92 Å². The van der Waals surface area contributed by atoms with E-state index in [1.165, 1.54) is 11.1 Å². The Morgan fingerprint density at radius 3 is 2.54 bits per heavy atom. The second-order valence-electron chi connectivity index (χ2n) is 3.67. The fourth-order valence-electron chi connectivity index (χ4n) is 1.65. The van der Waals surface area contributed by atoms with Crippen LogP contribution >= 0.6 is 0 Å². The van der Waals surface area contributed by atoms with Crippen LogP contribution in [-0.4, -0.2) is 13.2 Å². The van der Waals surface area contributed by atoms with E-state index in [9.17, 15) is 0 Å². The van der Waals surface area contributed by atoms with Gasteiger partial charge < -0.3 is 4.74 Å². The highest BCUT2D eigenvalue weighted by Gasteiger charge is 2.30. The van der Waals surface area contributed by atoms with Crippen molar-refractivity contribution in [1.29, 1.82) is 0 Å². The van der Waals surface area contributed by atoms with Gasteiger partial charge in [0.2, 0.25) is 0 Å². The molecule has 0 spiro atoms. The van der Waals surface area contributed by atoms with Crippen LogP contribution in [0.4, 0.5) is 0 Å². The molecule has 2 rings (SSSR count). The van der Waals surface area contributed by atoms with Crippen LogP contribution in [0.1, 0.15) is 18.1 Å². The first-order valence-electron chi connectivity index (χ1n) is 4.67. The Morgan fingerprint density at radius 1 is 1.31 bits per heavy atom. The van der Waals surface area contributed by atoms with Crippen molar-refractivity contribution in [3.63, 3.8) is 0 Å². The highest BCUT2D eigenvalue weighted by molar-refractivity contribution is 5.26. The smallest absolute Gasteiger partial charge is 0.142 e. The van der Waals surface area contributed by atoms with Gasteiger partial charge in [-0.25, -0.2) is 0 Å². The largest absolute Gasteiger partial charge is 0.355 e. The predicted molar refractivity (Wildman–Crippen MR) is 52.5 cm³/mol. The highest BCUT2D eigenvalue weighted by Crippen LogP contribution is 2.25. The van der Waals surface area contributed by atoms with Crippen LogP contribution in [0.15, 0.2) is 24.3 Å². The molecule has 1 aliphatic rings. The quantitative estimate of drug-likeness (QED) is 0.706. The lowest BCUT2D eigenvalue weighted by Crippen LogP contribution is -2.34. The molecule has 1 heterocycles. The summed E-state index contributed by atoms with van der Waals surface area (Å²) in [5.74, 6) is 0. The Kier molecular flexibility index (Phi) is 2.10. The molecule has 0 saturated carbocycles. The van der Waals surface area contributed by atoms with E-state index in [1.54, 1.807) is 0 Å². The maximum atomic E-state index is 5.66. The van der Waals surface area contributed by atoms with E-state index in [2.05, 4.69) is 43.4 Å². The van der Waals surface area contributed by atoms with Crippen molar-refractivity contribution < 1.29 is 4.74 Å². The molecule has 1 atom stereocenters. The maximum absolute atomic E-state index is 5.66. The number of ether oxygens (including phenoxy) is 1. The molecule has 0 radical (unpaired) electrons. The zero-order chi connectivity index (χ0) is 9.31. The van der Waals surface area contributed by atoms with Gasteiger partial charge in [-0.05, 0) is 19.4 Å². The van der Waals surface area contributed by atoms with E-state index in [-0.39, 0.29) is 5.72 Å². The van der Waals surface area contributed by atoms with Gasteiger partial charge in [0.05, 0.1) is 6.61 Å². The first-order valence-corrected chi connectivity index (χ1v) is 4.67. The third kappa shape index (κ3) is 1.60. The van der Waals surface area contributed by atoms with Crippen molar-refractivity contribution >= 4 is 0 Å². The molecule has 2 nitrogen and oxygen atoms in total. The van der Waals surface area contributed by atoms with Crippen LogP contribution in [0.2, 0.25) is 0 Å². The first kappa shape index (κ1) is 8.73. The SMILES string of the molecule is Cc1ccc(C2(C)NCCO2)cc1. The van der Waals surface area contributed by atoms with Crippen molar-refractivity contribution in [3.05, 3.63) is 35.4 Å². The Balaban J connectivity index is 2.29. The van der Waals surface area contributed by atoms with E-state index < -0.39 is 0 Å². The summed E-state index contributed by atoms with van der Waals surface area (Å²) >= 11 is 0.